The van der Waals surface area contributed by atoms with Crippen LogP contribution in [0.25, 0.3) is 0 Å². The summed E-state index contributed by atoms with van der Waals surface area (Å²) in [4.78, 5) is 0.235. The zero-order chi connectivity index (χ0) is 14.1. The van der Waals surface area contributed by atoms with Crippen molar-refractivity contribution in [1.29, 1.82) is 0 Å². The minimum absolute atomic E-state index is 0.235. The van der Waals surface area contributed by atoms with Gasteiger partial charge in [-0.05, 0) is 24.1 Å². The Morgan fingerprint density at radius 3 is 2.47 bits per heavy atom. The maximum atomic E-state index is 13.6. The molecule has 1 aromatic rings. The molecule has 108 valence electrons. The molecule has 0 radical (unpaired) electrons. The normalized spacial score (nSPS) is 12.4. The van der Waals surface area contributed by atoms with Crippen molar-refractivity contribution >= 4 is 15.9 Å². The van der Waals surface area contributed by atoms with E-state index in [2.05, 4.69) is 22.9 Å². The number of ether oxygens (including phenoxy) is 1. The standard InChI is InChI=1S/C16H24BrFO/c1-3-4-5-6-7-8-9-14(17)13-10-11-16(19-2)15(18)12-13/h10-12,14H,3-9H2,1-2H3. The zero-order valence-electron chi connectivity index (χ0n) is 11.9. The van der Waals surface area contributed by atoms with Gasteiger partial charge in [0.15, 0.2) is 11.6 Å². The summed E-state index contributed by atoms with van der Waals surface area (Å²) >= 11 is 3.64. The minimum atomic E-state index is -0.285. The topological polar surface area (TPSA) is 9.23 Å². The molecule has 19 heavy (non-hydrogen) atoms. The van der Waals surface area contributed by atoms with Gasteiger partial charge in [-0.1, -0.05) is 67.4 Å². The van der Waals surface area contributed by atoms with Crippen LogP contribution >= 0.6 is 15.9 Å². The molecule has 0 aliphatic carbocycles. The molecule has 1 nitrogen and oxygen atoms in total. The third kappa shape index (κ3) is 5.94. The van der Waals surface area contributed by atoms with E-state index in [9.17, 15) is 4.39 Å². The van der Waals surface area contributed by atoms with Crippen LogP contribution in [0.1, 0.15) is 62.3 Å². The second kappa shape index (κ2) is 9.35. The molecule has 0 amide bonds. The van der Waals surface area contributed by atoms with E-state index < -0.39 is 0 Å². The third-order valence-corrected chi connectivity index (χ3v) is 4.34. The average molecular weight is 331 g/mol. The summed E-state index contributed by atoms with van der Waals surface area (Å²) in [5.74, 6) is 0.0235. The van der Waals surface area contributed by atoms with Gasteiger partial charge in [0.2, 0.25) is 0 Å². The first-order valence-electron chi connectivity index (χ1n) is 7.16. The first-order valence-corrected chi connectivity index (χ1v) is 8.08. The Hall–Kier alpha value is -0.570. The lowest BCUT2D eigenvalue weighted by Crippen LogP contribution is -1.94. The van der Waals surface area contributed by atoms with Crippen molar-refractivity contribution in [2.75, 3.05) is 7.11 Å². The molecule has 0 aliphatic heterocycles. The average Bonchev–Trinajstić information content (AvgIpc) is 2.42. The van der Waals surface area contributed by atoms with Crippen LogP contribution in [0.5, 0.6) is 5.75 Å². The maximum absolute atomic E-state index is 13.6. The molecule has 0 spiro atoms. The van der Waals surface area contributed by atoms with Crippen LogP contribution in [0.4, 0.5) is 4.39 Å². The summed E-state index contributed by atoms with van der Waals surface area (Å²) < 4.78 is 18.5. The fourth-order valence-corrected chi connectivity index (χ4v) is 2.76. The highest BCUT2D eigenvalue weighted by Crippen LogP contribution is 2.31. The summed E-state index contributed by atoms with van der Waals surface area (Å²) in [5.41, 5.74) is 0.992. The summed E-state index contributed by atoms with van der Waals surface area (Å²) in [7, 11) is 1.49. The maximum Gasteiger partial charge on any atom is 0.165 e. The van der Waals surface area contributed by atoms with Gasteiger partial charge < -0.3 is 4.74 Å². The van der Waals surface area contributed by atoms with Crippen molar-refractivity contribution in [3.8, 4) is 5.75 Å². The fraction of sp³-hybridized carbons (Fsp3) is 0.625. The minimum Gasteiger partial charge on any atom is -0.494 e. The van der Waals surface area contributed by atoms with E-state index in [1.165, 1.54) is 45.6 Å². The second-order valence-corrected chi connectivity index (χ2v) is 6.02. The van der Waals surface area contributed by atoms with Gasteiger partial charge in [0.1, 0.15) is 0 Å². The predicted octanol–water partition coefficient (Wildman–Crippen LogP) is 6.02. The van der Waals surface area contributed by atoms with Crippen molar-refractivity contribution in [2.45, 2.75) is 56.7 Å². The van der Waals surface area contributed by atoms with Crippen LogP contribution in [-0.4, -0.2) is 7.11 Å². The van der Waals surface area contributed by atoms with Gasteiger partial charge in [-0.25, -0.2) is 4.39 Å². The largest absolute Gasteiger partial charge is 0.494 e. The molecule has 0 N–H and O–H groups in total. The first-order chi connectivity index (χ1) is 9.19. The van der Waals surface area contributed by atoms with E-state index in [0.29, 0.717) is 5.75 Å². The Morgan fingerprint density at radius 2 is 1.84 bits per heavy atom. The van der Waals surface area contributed by atoms with Gasteiger partial charge in [-0.15, -0.1) is 0 Å². The monoisotopic (exact) mass is 330 g/mol. The molecule has 1 atom stereocenters. The van der Waals surface area contributed by atoms with E-state index >= 15 is 0 Å². The number of methoxy groups -OCH3 is 1. The third-order valence-electron chi connectivity index (χ3n) is 3.35. The Labute approximate surface area is 124 Å². The number of halogens is 2. The molecule has 0 bridgehead atoms. The Bertz CT molecular complexity index is 368. The molecule has 0 aromatic heterocycles. The number of alkyl halides is 1. The van der Waals surface area contributed by atoms with Crippen LogP contribution in [0, 0.1) is 5.82 Å². The van der Waals surface area contributed by atoms with Gasteiger partial charge in [0.05, 0.1) is 7.11 Å². The molecule has 0 fully saturated rings. The van der Waals surface area contributed by atoms with Gasteiger partial charge in [-0.3, -0.25) is 0 Å². The number of hydrogen-bond acceptors (Lipinski definition) is 1. The molecule has 1 aromatic carbocycles. The van der Waals surface area contributed by atoms with Crippen molar-refractivity contribution in [1.82, 2.24) is 0 Å². The summed E-state index contributed by atoms with van der Waals surface area (Å²) in [5, 5.41) is 0. The Balaban J connectivity index is 2.33. The molecule has 0 saturated heterocycles. The van der Waals surface area contributed by atoms with Gasteiger partial charge in [0.25, 0.3) is 0 Å². The predicted molar refractivity (Wildman–Crippen MR) is 82.6 cm³/mol. The van der Waals surface area contributed by atoms with Crippen molar-refractivity contribution in [2.24, 2.45) is 0 Å². The van der Waals surface area contributed by atoms with Gasteiger partial charge >= 0.3 is 0 Å². The first kappa shape index (κ1) is 16.5. The van der Waals surface area contributed by atoms with Gasteiger partial charge in [-0.2, -0.15) is 0 Å². The smallest absolute Gasteiger partial charge is 0.165 e. The molecular weight excluding hydrogens is 307 g/mol. The summed E-state index contributed by atoms with van der Waals surface area (Å²) in [6.07, 6.45) is 8.77. The number of rotatable bonds is 9. The van der Waals surface area contributed by atoms with E-state index in [0.717, 1.165) is 12.0 Å². The van der Waals surface area contributed by atoms with Crippen LogP contribution in [0.2, 0.25) is 0 Å². The van der Waals surface area contributed by atoms with Gasteiger partial charge in [0, 0.05) is 4.83 Å². The summed E-state index contributed by atoms with van der Waals surface area (Å²) in [6, 6.07) is 5.19. The van der Waals surface area contributed by atoms with E-state index in [1.54, 1.807) is 12.1 Å². The Kier molecular flexibility index (Phi) is 8.11. The SMILES string of the molecule is CCCCCCCCC(Br)c1ccc(OC)c(F)c1. The Morgan fingerprint density at radius 1 is 1.16 bits per heavy atom. The number of unbranched alkanes of at least 4 members (excludes halogenated alkanes) is 5. The van der Waals surface area contributed by atoms with E-state index in [-0.39, 0.29) is 10.6 Å². The lowest BCUT2D eigenvalue weighted by molar-refractivity contribution is 0.386. The highest BCUT2D eigenvalue weighted by atomic mass is 79.9. The van der Waals surface area contributed by atoms with Crippen LogP contribution < -0.4 is 4.74 Å². The molecular formula is C16H24BrFO. The quantitative estimate of drug-likeness (QED) is 0.397. The molecule has 1 unspecified atom stereocenters. The van der Waals surface area contributed by atoms with Crippen molar-refractivity contribution in [3.63, 3.8) is 0 Å². The lowest BCUT2D eigenvalue weighted by atomic mass is 10.0. The fourth-order valence-electron chi connectivity index (χ4n) is 2.15. The van der Waals surface area contributed by atoms with Crippen molar-refractivity contribution in [3.05, 3.63) is 29.6 Å². The molecule has 0 saturated carbocycles. The van der Waals surface area contributed by atoms with Crippen LogP contribution in [0.3, 0.4) is 0 Å². The molecule has 0 aliphatic rings. The zero-order valence-corrected chi connectivity index (χ0v) is 13.5. The van der Waals surface area contributed by atoms with E-state index in [4.69, 9.17) is 4.74 Å². The lowest BCUT2D eigenvalue weighted by Gasteiger charge is -2.11. The highest BCUT2D eigenvalue weighted by molar-refractivity contribution is 9.09. The van der Waals surface area contributed by atoms with Crippen LogP contribution in [0.15, 0.2) is 18.2 Å². The van der Waals surface area contributed by atoms with Crippen molar-refractivity contribution < 1.29 is 9.13 Å². The number of benzene rings is 1. The van der Waals surface area contributed by atoms with E-state index in [1.807, 2.05) is 6.07 Å². The highest BCUT2D eigenvalue weighted by Gasteiger charge is 2.10. The molecule has 1 rings (SSSR count). The second-order valence-electron chi connectivity index (χ2n) is 4.92. The number of hydrogen-bond donors (Lipinski definition) is 0. The van der Waals surface area contributed by atoms with Crippen LogP contribution in [-0.2, 0) is 0 Å². The molecule has 0 heterocycles. The molecule has 3 heteroatoms. The summed E-state index contributed by atoms with van der Waals surface area (Å²) in [6.45, 7) is 2.23.